The van der Waals surface area contributed by atoms with Gasteiger partial charge in [-0.15, -0.1) is 0 Å². The highest BCUT2D eigenvalue weighted by atomic mass is 16.6. The third-order valence-electron chi connectivity index (χ3n) is 3.73. The van der Waals surface area contributed by atoms with Crippen molar-refractivity contribution in [3.8, 4) is 0 Å². The smallest absolute Gasteiger partial charge is 0.184 e. The summed E-state index contributed by atoms with van der Waals surface area (Å²) in [6.07, 6.45) is -14.1. The molecular weight excluding hydrogens is 336 g/mol. The first-order valence-corrected chi connectivity index (χ1v) is 7.12. The summed E-state index contributed by atoms with van der Waals surface area (Å²) in [5.41, 5.74) is 0. The van der Waals surface area contributed by atoms with Gasteiger partial charge in [0, 0.05) is 0 Å². The van der Waals surface area contributed by atoms with Gasteiger partial charge in [-0.1, -0.05) is 0 Å². The van der Waals surface area contributed by atoms with Crippen LogP contribution in [0.2, 0.25) is 0 Å². The van der Waals surface area contributed by atoms with Crippen molar-refractivity contribution >= 4 is 0 Å². The predicted octanol–water partition coefficient (Wildman–Crippen LogP) is -6.44. The second-order valence-corrected chi connectivity index (χ2v) is 5.44. The summed E-state index contributed by atoms with van der Waals surface area (Å²) in [6.45, 7) is -1.05. The Labute approximate surface area is 136 Å². The summed E-state index contributed by atoms with van der Waals surface area (Å²) in [7, 11) is 0. The molecule has 2 rings (SSSR count). The highest BCUT2D eigenvalue weighted by Crippen LogP contribution is 2.19. The standard InChI is InChI=1S/2C6H12O6/c2*7-1-2-3(8)4(9)5(10)6(11)12-2/h2*2-11H,1H2/t2*2-,3-,4+,5+,6+/m11/s1. The number of rotatable bonds is 2. The van der Waals surface area contributed by atoms with E-state index in [9.17, 15) is 0 Å². The summed E-state index contributed by atoms with van der Waals surface area (Å²) >= 11 is 0. The van der Waals surface area contributed by atoms with E-state index < -0.39 is 74.6 Å². The zero-order chi connectivity index (χ0) is 18.6. The van der Waals surface area contributed by atoms with Crippen LogP contribution in [0.3, 0.4) is 0 Å². The van der Waals surface area contributed by atoms with Crippen molar-refractivity contribution in [1.82, 2.24) is 0 Å². The van der Waals surface area contributed by atoms with Gasteiger partial charge < -0.3 is 60.5 Å². The van der Waals surface area contributed by atoms with E-state index in [2.05, 4.69) is 9.47 Å². The molecule has 2 saturated heterocycles. The van der Waals surface area contributed by atoms with Crippen LogP contribution >= 0.6 is 0 Å². The maximum Gasteiger partial charge on any atom is 0.184 e. The maximum absolute atomic E-state index is 9.12. The molecule has 2 fully saturated rings. The summed E-state index contributed by atoms with van der Waals surface area (Å²) in [5, 5.41) is 89.3. The number of ether oxygens (including phenoxy) is 2. The molecule has 24 heavy (non-hydrogen) atoms. The number of hydrogen-bond donors (Lipinski definition) is 10. The van der Waals surface area contributed by atoms with Gasteiger partial charge in [-0.25, -0.2) is 0 Å². The van der Waals surface area contributed by atoms with Crippen LogP contribution < -0.4 is 0 Å². The second-order valence-electron chi connectivity index (χ2n) is 5.44. The lowest BCUT2D eigenvalue weighted by atomic mass is 10.00. The number of aliphatic hydroxyl groups is 10. The Bertz CT molecular complexity index is 326. The molecule has 2 aliphatic heterocycles. The fourth-order valence-corrected chi connectivity index (χ4v) is 2.16. The molecule has 0 aromatic carbocycles. The fourth-order valence-electron chi connectivity index (χ4n) is 2.16. The van der Waals surface area contributed by atoms with E-state index in [-0.39, 0.29) is 0 Å². The van der Waals surface area contributed by atoms with Crippen molar-refractivity contribution in [2.75, 3.05) is 13.2 Å². The van der Waals surface area contributed by atoms with Crippen molar-refractivity contribution in [1.29, 1.82) is 0 Å². The van der Waals surface area contributed by atoms with Gasteiger partial charge in [0.1, 0.15) is 48.8 Å². The monoisotopic (exact) mass is 360 g/mol. The average Bonchev–Trinajstić information content (AvgIpc) is 2.58. The van der Waals surface area contributed by atoms with Crippen LogP contribution in [0.4, 0.5) is 0 Å². The Morgan fingerprint density at radius 1 is 0.458 bits per heavy atom. The number of aliphatic hydroxyl groups excluding tert-OH is 10. The largest absolute Gasteiger partial charge is 0.394 e. The topological polar surface area (TPSA) is 221 Å². The third kappa shape index (κ3) is 4.78. The quantitative estimate of drug-likeness (QED) is 0.222. The van der Waals surface area contributed by atoms with Gasteiger partial charge in [-0.05, 0) is 0 Å². The molecule has 0 spiro atoms. The SMILES string of the molecule is OC[C@H]1O[C@H](O)[C@@H](O)[C@@H](O)[C@@H]1O.OC[C@H]1O[C@H](O)[C@@H](O)[C@@H](O)[C@@H]1O. The van der Waals surface area contributed by atoms with Crippen LogP contribution in [0, 0.1) is 0 Å². The summed E-state index contributed by atoms with van der Waals surface area (Å²) in [5.74, 6) is 0. The minimum atomic E-state index is -1.57. The lowest BCUT2D eigenvalue weighted by Gasteiger charge is -2.37. The molecule has 0 aromatic heterocycles. The molecule has 10 N–H and O–H groups in total. The molecular formula is C12H24O12. The zero-order valence-electron chi connectivity index (χ0n) is 12.5. The van der Waals surface area contributed by atoms with Crippen molar-refractivity contribution in [2.24, 2.45) is 0 Å². The van der Waals surface area contributed by atoms with Crippen LogP contribution in [0.5, 0.6) is 0 Å². The van der Waals surface area contributed by atoms with Crippen molar-refractivity contribution in [2.45, 2.75) is 61.4 Å². The van der Waals surface area contributed by atoms with E-state index in [1.807, 2.05) is 0 Å². The molecule has 0 amide bonds. The molecule has 144 valence electrons. The molecule has 0 saturated carbocycles. The van der Waals surface area contributed by atoms with Gasteiger partial charge in [0.05, 0.1) is 13.2 Å². The van der Waals surface area contributed by atoms with E-state index in [0.717, 1.165) is 0 Å². The summed E-state index contributed by atoms with van der Waals surface area (Å²) in [4.78, 5) is 0. The second kappa shape index (κ2) is 9.28. The molecule has 12 nitrogen and oxygen atoms in total. The van der Waals surface area contributed by atoms with Gasteiger partial charge in [-0.3, -0.25) is 0 Å². The van der Waals surface area contributed by atoms with E-state index in [0.29, 0.717) is 0 Å². The van der Waals surface area contributed by atoms with Crippen LogP contribution in [0.15, 0.2) is 0 Å². The first kappa shape index (κ1) is 21.6. The number of hydrogen-bond acceptors (Lipinski definition) is 12. The van der Waals surface area contributed by atoms with Gasteiger partial charge >= 0.3 is 0 Å². The lowest BCUT2D eigenvalue weighted by molar-refractivity contribution is -0.286. The van der Waals surface area contributed by atoms with E-state index >= 15 is 0 Å². The van der Waals surface area contributed by atoms with Gasteiger partial charge in [-0.2, -0.15) is 0 Å². The molecule has 0 radical (unpaired) electrons. The van der Waals surface area contributed by atoms with Crippen molar-refractivity contribution in [3.63, 3.8) is 0 Å². The Morgan fingerprint density at radius 2 is 0.750 bits per heavy atom. The summed E-state index contributed by atoms with van der Waals surface area (Å²) < 4.78 is 9.15. The summed E-state index contributed by atoms with van der Waals surface area (Å²) in [6, 6.07) is 0. The molecule has 10 atom stereocenters. The molecule has 0 aliphatic carbocycles. The van der Waals surface area contributed by atoms with Crippen LogP contribution in [0.1, 0.15) is 0 Å². The van der Waals surface area contributed by atoms with Gasteiger partial charge in [0.2, 0.25) is 0 Å². The molecule has 0 aromatic rings. The Morgan fingerprint density at radius 3 is 1.00 bits per heavy atom. The van der Waals surface area contributed by atoms with Crippen molar-refractivity contribution in [3.05, 3.63) is 0 Å². The molecule has 0 bridgehead atoms. The normalized spacial score (nSPS) is 49.2. The average molecular weight is 360 g/mol. The molecule has 2 aliphatic rings. The van der Waals surface area contributed by atoms with Crippen LogP contribution in [-0.4, -0.2) is 126 Å². The Kier molecular flexibility index (Phi) is 8.34. The zero-order valence-corrected chi connectivity index (χ0v) is 12.5. The fraction of sp³-hybridized carbons (Fsp3) is 1.00. The maximum atomic E-state index is 9.12. The van der Waals surface area contributed by atoms with E-state index in [1.165, 1.54) is 0 Å². The highest BCUT2D eigenvalue weighted by Gasteiger charge is 2.43. The lowest BCUT2D eigenvalue weighted by Crippen LogP contribution is -2.58. The first-order valence-electron chi connectivity index (χ1n) is 7.12. The van der Waals surface area contributed by atoms with Crippen LogP contribution in [0.25, 0.3) is 0 Å². The van der Waals surface area contributed by atoms with E-state index in [1.54, 1.807) is 0 Å². The Balaban J connectivity index is 0.000000240. The van der Waals surface area contributed by atoms with Gasteiger partial charge in [0.25, 0.3) is 0 Å². The highest BCUT2D eigenvalue weighted by molar-refractivity contribution is 4.88. The minimum absolute atomic E-state index is 0.526. The molecule has 2 heterocycles. The van der Waals surface area contributed by atoms with E-state index in [4.69, 9.17) is 51.1 Å². The minimum Gasteiger partial charge on any atom is -0.394 e. The first-order chi connectivity index (χ1) is 11.1. The van der Waals surface area contributed by atoms with Crippen LogP contribution in [-0.2, 0) is 9.47 Å². The van der Waals surface area contributed by atoms with Crippen molar-refractivity contribution < 1.29 is 60.5 Å². The third-order valence-corrected chi connectivity index (χ3v) is 3.73. The van der Waals surface area contributed by atoms with Gasteiger partial charge in [0.15, 0.2) is 12.6 Å². The molecule has 12 heteroatoms. The Hall–Kier alpha value is -0.480. The predicted molar refractivity (Wildman–Crippen MR) is 72.0 cm³/mol. The molecule has 0 unspecified atom stereocenters.